The maximum atomic E-state index is 6.13. The van der Waals surface area contributed by atoms with E-state index in [2.05, 4.69) is 41.5 Å². The van der Waals surface area contributed by atoms with Crippen LogP contribution < -0.4 is 15.0 Å². The molecule has 2 N–H and O–H groups in total. The van der Waals surface area contributed by atoms with Crippen LogP contribution in [0.2, 0.25) is 0 Å². The second-order valence-corrected chi connectivity index (χ2v) is 9.61. The Morgan fingerprint density at radius 1 is 1.11 bits per heavy atom. The molecule has 9 heteroatoms. The Morgan fingerprint density at radius 2 is 2.06 bits per heavy atom. The topological polar surface area (TPSA) is 95.3 Å². The number of para-hydroxylation sites is 1. The summed E-state index contributed by atoms with van der Waals surface area (Å²) >= 11 is 0. The first-order valence-electron chi connectivity index (χ1n) is 12.4. The largest absolute Gasteiger partial charge is 0.477 e. The number of fused-ring (bicyclic) bond motifs is 2. The predicted molar refractivity (Wildman–Crippen MR) is 135 cm³/mol. The van der Waals surface area contributed by atoms with E-state index in [1.54, 1.807) is 0 Å². The number of aromatic nitrogens is 4. The summed E-state index contributed by atoms with van der Waals surface area (Å²) in [5.74, 6) is 3.01. The van der Waals surface area contributed by atoms with Crippen LogP contribution in [0.5, 0.6) is 5.88 Å². The second-order valence-electron chi connectivity index (χ2n) is 9.61. The van der Waals surface area contributed by atoms with E-state index >= 15 is 0 Å². The Labute approximate surface area is 204 Å². The molecule has 2 fully saturated rings. The Hall–Kier alpha value is -3.59. The van der Waals surface area contributed by atoms with Crippen LogP contribution in [0.4, 0.5) is 11.6 Å². The highest BCUT2D eigenvalue weighted by Crippen LogP contribution is 2.31. The number of aryl methyl sites for hydroxylation is 1. The van der Waals surface area contributed by atoms with Gasteiger partial charge in [-0.15, -0.1) is 0 Å². The summed E-state index contributed by atoms with van der Waals surface area (Å²) < 4.78 is 11.7. The number of ether oxygens (including phenoxy) is 1. The lowest BCUT2D eigenvalue weighted by atomic mass is 9.91. The number of aromatic amines is 1. The van der Waals surface area contributed by atoms with Crippen molar-refractivity contribution in [3.8, 4) is 5.88 Å². The molecule has 0 saturated carbocycles. The number of rotatable bonds is 7. The maximum absolute atomic E-state index is 6.13. The second kappa shape index (κ2) is 9.58. The molecule has 5 heterocycles. The zero-order chi connectivity index (χ0) is 23.6. The first kappa shape index (κ1) is 21.9. The molecular weight excluding hydrogens is 442 g/mol. The molecule has 0 aliphatic carbocycles. The Kier molecular flexibility index (Phi) is 5.99. The molecule has 0 radical (unpaired) electrons. The van der Waals surface area contributed by atoms with Gasteiger partial charge < -0.3 is 19.5 Å². The number of anilines is 2. The van der Waals surface area contributed by atoms with E-state index in [4.69, 9.17) is 9.26 Å². The zero-order valence-electron chi connectivity index (χ0n) is 20.0. The predicted octanol–water partition coefficient (Wildman–Crippen LogP) is 3.85. The number of piperazine rings is 1. The molecule has 4 aromatic rings. The smallest absolute Gasteiger partial charge is 0.213 e. The Morgan fingerprint density at radius 3 is 2.97 bits per heavy atom. The SMILES string of the molecule is Cc1cc(NCc2cccc(OC[C@@H]3CC[C@H]4CN(c5noc6ccccc56)CCN4C3)n2)n[nH]1. The van der Waals surface area contributed by atoms with Crippen LogP contribution in [0.1, 0.15) is 24.2 Å². The van der Waals surface area contributed by atoms with Gasteiger partial charge in [-0.3, -0.25) is 10.00 Å². The highest BCUT2D eigenvalue weighted by molar-refractivity contribution is 5.88. The molecule has 182 valence electrons. The third-order valence-electron chi connectivity index (χ3n) is 7.07. The average molecular weight is 474 g/mol. The lowest BCUT2D eigenvalue weighted by Gasteiger charge is -2.46. The normalized spacial score (nSPS) is 20.7. The third kappa shape index (κ3) is 4.81. The zero-order valence-corrected chi connectivity index (χ0v) is 20.0. The van der Waals surface area contributed by atoms with E-state index in [9.17, 15) is 0 Å². The number of pyridine rings is 1. The van der Waals surface area contributed by atoms with Gasteiger partial charge in [0.05, 0.1) is 24.2 Å². The van der Waals surface area contributed by atoms with Crippen LogP contribution in [-0.2, 0) is 6.54 Å². The molecule has 1 aromatic carbocycles. The molecule has 6 rings (SSSR count). The standard InChI is InChI=1S/C26H31N7O2/c1-18-13-24(30-29-18)27-14-20-5-4-8-25(28-20)34-17-19-9-10-21-16-33(12-11-32(21)15-19)26-22-6-2-3-7-23(22)35-31-26/h2-8,13,19,21H,9-12,14-17H2,1H3,(H2,27,29,30)/t19-,21+/m1/s1. The van der Waals surface area contributed by atoms with Crippen LogP contribution in [0.25, 0.3) is 11.0 Å². The number of nitrogens with zero attached hydrogens (tertiary/aromatic N) is 5. The molecule has 35 heavy (non-hydrogen) atoms. The highest BCUT2D eigenvalue weighted by atomic mass is 16.5. The van der Waals surface area contributed by atoms with Gasteiger partial charge in [-0.2, -0.15) is 5.10 Å². The molecular formula is C26H31N7O2. The van der Waals surface area contributed by atoms with Gasteiger partial charge in [0, 0.05) is 56.0 Å². The summed E-state index contributed by atoms with van der Waals surface area (Å²) in [6.07, 6.45) is 2.33. The number of nitrogens with one attached hydrogen (secondary N) is 2. The summed E-state index contributed by atoms with van der Waals surface area (Å²) in [5.41, 5.74) is 2.82. The van der Waals surface area contributed by atoms with Gasteiger partial charge in [0.15, 0.2) is 11.4 Å². The van der Waals surface area contributed by atoms with E-state index in [1.807, 2.05) is 49.4 Å². The summed E-state index contributed by atoms with van der Waals surface area (Å²) in [5, 5.41) is 15.9. The van der Waals surface area contributed by atoms with E-state index < -0.39 is 0 Å². The molecule has 0 bridgehead atoms. The van der Waals surface area contributed by atoms with Crippen molar-refractivity contribution in [3.05, 3.63) is 59.9 Å². The molecule has 0 spiro atoms. The van der Waals surface area contributed by atoms with Crippen molar-refractivity contribution in [3.63, 3.8) is 0 Å². The monoisotopic (exact) mass is 473 g/mol. The third-order valence-corrected chi connectivity index (χ3v) is 7.07. The summed E-state index contributed by atoms with van der Waals surface area (Å²) in [6.45, 7) is 7.35. The van der Waals surface area contributed by atoms with Crippen molar-refractivity contribution >= 4 is 22.6 Å². The van der Waals surface area contributed by atoms with Gasteiger partial charge in [-0.1, -0.05) is 23.4 Å². The lowest BCUT2D eigenvalue weighted by Crippen LogP contribution is -2.57. The van der Waals surface area contributed by atoms with Crippen LogP contribution in [0.3, 0.4) is 0 Å². The van der Waals surface area contributed by atoms with Crippen molar-refractivity contribution in [1.82, 2.24) is 25.2 Å². The van der Waals surface area contributed by atoms with Gasteiger partial charge in [-0.05, 0) is 38.0 Å². The fourth-order valence-corrected chi connectivity index (χ4v) is 5.22. The number of H-pyrrole nitrogens is 1. The van der Waals surface area contributed by atoms with Crippen molar-refractivity contribution in [1.29, 1.82) is 0 Å². The number of benzene rings is 1. The summed E-state index contributed by atoms with van der Waals surface area (Å²) in [4.78, 5) is 9.67. The van der Waals surface area contributed by atoms with Crippen molar-refractivity contribution < 1.29 is 9.26 Å². The van der Waals surface area contributed by atoms with Crippen LogP contribution in [-0.4, -0.2) is 64.1 Å². The minimum atomic E-state index is 0.515. The van der Waals surface area contributed by atoms with Gasteiger partial charge in [-0.25, -0.2) is 4.98 Å². The van der Waals surface area contributed by atoms with Crippen molar-refractivity contribution in [2.45, 2.75) is 32.4 Å². The first-order valence-corrected chi connectivity index (χ1v) is 12.4. The molecule has 2 atom stereocenters. The van der Waals surface area contributed by atoms with Crippen molar-refractivity contribution in [2.24, 2.45) is 5.92 Å². The Bertz CT molecular complexity index is 1290. The molecule has 2 saturated heterocycles. The molecule has 3 aromatic heterocycles. The highest BCUT2D eigenvalue weighted by Gasteiger charge is 2.34. The fourth-order valence-electron chi connectivity index (χ4n) is 5.22. The summed E-state index contributed by atoms with van der Waals surface area (Å²) in [7, 11) is 0. The molecule has 0 amide bonds. The number of hydrogen-bond donors (Lipinski definition) is 2. The minimum absolute atomic E-state index is 0.515. The van der Waals surface area contributed by atoms with Gasteiger partial charge in [0.1, 0.15) is 5.82 Å². The maximum Gasteiger partial charge on any atom is 0.213 e. The van der Waals surface area contributed by atoms with E-state index in [0.717, 1.165) is 66.6 Å². The van der Waals surface area contributed by atoms with Crippen LogP contribution in [0, 0.1) is 12.8 Å². The summed E-state index contributed by atoms with van der Waals surface area (Å²) in [6, 6.07) is 16.6. The van der Waals surface area contributed by atoms with Crippen molar-refractivity contribution in [2.75, 3.05) is 43.0 Å². The Balaban J connectivity index is 1.01. The minimum Gasteiger partial charge on any atom is -0.477 e. The lowest BCUT2D eigenvalue weighted by molar-refractivity contribution is 0.0716. The molecule has 2 aliphatic rings. The van der Waals surface area contributed by atoms with E-state index in [-0.39, 0.29) is 0 Å². The van der Waals surface area contributed by atoms with Gasteiger partial charge in [0.2, 0.25) is 5.88 Å². The molecule has 2 aliphatic heterocycles. The fraction of sp³-hybridized carbons (Fsp3) is 0.423. The first-order chi connectivity index (χ1) is 17.2. The van der Waals surface area contributed by atoms with E-state index in [1.165, 1.54) is 6.42 Å². The molecule has 0 unspecified atom stereocenters. The van der Waals surface area contributed by atoms with E-state index in [0.29, 0.717) is 31.0 Å². The van der Waals surface area contributed by atoms with Crippen LogP contribution in [0.15, 0.2) is 53.1 Å². The quantitative estimate of drug-likeness (QED) is 0.418. The number of piperidine rings is 1. The average Bonchev–Trinajstić information content (AvgIpc) is 3.52. The van der Waals surface area contributed by atoms with Gasteiger partial charge >= 0.3 is 0 Å². The number of hydrogen-bond acceptors (Lipinski definition) is 8. The molecule has 9 nitrogen and oxygen atoms in total. The van der Waals surface area contributed by atoms with Gasteiger partial charge in [0.25, 0.3) is 0 Å². The van der Waals surface area contributed by atoms with Crippen LogP contribution >= 0.6 is 0 Å².